The molecule has 4 nitrogen and oxygen atoms in total. The summed E-state index contributed by atoms with van der Waals surface area (Å²) in [5.41, 5.74) is 0.513. The Morgan fingerprint density at radius 2 is 2.04 bits per heavy atom. The van der Waals surface area contributed by atoms with Crippen LogP contribution in [0.4, 0.5) is 22.7 Å². The average molecular weight is 362 g/mol. The molecule has 0 atom stereocenters. The molecule has 2 rings (SSSR count). The summed E-state index contributed by atoms with van der Waals surface area (Å²) in [5.74, 6) is -0.817. The van der Waals surface area contributed by atoms with Gasteiger partial charge in [-0.15, -0.1) is 11.3 Å². The van der Waals surface area contributed by atoms with Gasteiger partial charge in [0, 0.05) is 17.5 Å². The quantitative estimate of drug-likeness (QED) is 0.602. The van der Waals surface area contributed by atoms with Gasteiger partial charge in [-0.05, 0) is 11.6 Å². The number of thiazole rings is 1. The van der Waals surface area contributed by atoms with Crippen LogP contribution in [0.5, 0.6) is 0 Å². The molecule has 1 aromatic heterocycles. The first-order valence-corrected chi connectivity index (χ1v) is 7.77. The molecule has 0 aliphatic heterocycles. The lowest BCUT2D eigenvalue weighted by Crippen LogP contribution is -2.20. The molecule has 0 aliphatic rings. The molecule has 2 aromatic rings. The van der Waals surface area contributed by atoms with Crippen LogP contribution < -0.4 is 5.32 Å². The van der Waals surface area contributed by atoms with Gasteiger partial charge in [-0.2, -0.15) is 13.2 Å². The third-order valence-electron chi connectivity index (χ3n) is 2.86. The van der Waals surface area contributed by atoms with E-state index in [2.05, 4.69) is 15.0 Å². The molecule has 0 bridgehead atoms. The lowest BCUT2D eigenvalue weighted by molar-refractivity contribution is -0.174. The molecule has 0 saturated carbocycles. The minimum atomic E-state index is -4.41. The maximum absolute atomic E-state index is 13.6. The molecule has 0 aliphatic carbocycles. The molecule has 0 spiro atoms. The molecule has 1 N–H and O–H groups in total. The fourth-order valence-corrected chi connectivity index (χ4v) is 2.66. The van der Waals surface area contributed by atoms with E-state index in [0.717, 1.165) is 4.88 Å². The van der Waals surface area contributed by atoms with Gasteiger partial charge in [-0.1, -0.05) is 18.2 Å². The average Bonchev–Trinajstić information content (AvgIpc) is 2.92. The summed E-state index contributed by atoms with van der Waals surface area (Å²) >= 11 is 1.18. The molecule has 130 valence electrons. The van der Waals surface area contributed by atoms with E-state index in [-0.39, 0.29) is 18.8 Å². The maximum Gasteiger partial charge on any atom is 0.411 e. The van der Waals surface area contributed by atoms with Gasteiger partial charge in [-0.25, -0.2) is 9.37 Å². The largest absolute Gasteiger partial charge is 0.411 e. The Bertz CT molecular complexity index is 688. The summed E-state index contributed by atoms with van der Waals surface area (Å²) < 4.78 is 53.6. The number of nitrogens with zero attached hydrogens (tertiary/aromatic N) is 1. The van der Waals surface area contributed by atoms with Gasteiger partial charge in [0.2, 0.25) is 5.91 Å². The van der Waals surface area contributed by atoms with Crippen molar-refractivity contribution in [2.24, 2.45) is 0 Å². The number of carbonyl (C=O) groups is 1. The molecule has 9 heteroatoms. The number of hydrogen-bond donors (Lipinski definition) is 1. The number of benzene rings is 1. The molecule has 0 saturated heterocycles. The molecule has 1 aromatic carbocycles. The molecule has 1 heterocycles. The molecular formula is C15H14F4N2O2S. The predicted molar refractivity (Wildman–Crippen MR) is 81.4 cm³/mol. The highest BCUT2D eigenvalue weighted by atomic mass is 32.1. The van der Waals surface area contributed by atoms with Gasteiger partial charge in [0.1, 0.15) is 12.4 Å². The second-order valence-corrected chi connectivity index (χ2v) is 5.98. The predicted octanol–water partition coefficient (Wildman–Crippen LogP) is 3.78. The monoisotopic (exact) mass is 362 g/mol. The molecule has 0 fully saturated rings. The summed E-state index contributed by atoms with van der Waals surface area (Å²) in [6.45, 7) is -1.72. The Morgan fingerprint density at radius 1 is 1.29 bits per heavy atom. The number of rotatable bonds is 7. The maximum atomic E-state index is 13.6. The van der Waals surface area contributed by atoms with E-state index in [9.17, 15) is 22.4 Å². The van der Waals surface area contributed by atoms with Crippen LogP contribution in [0.3, 0.4) is 0 Å². The van der Waals surface area contributed by atoms with E-state index >= 15 is 0 Å². The van der Waals surface area contributed by atoms with E-state index < -0.39 is 18.7 Å². The Hall–Kier alpha value is -2.00. The number of amides is 1. The van der Waals surface area contributed by atoms with Gasteiger partial charge in [0.25, 0.3) is 0 Å². The zero-order valence-corrected chi connectivity index (χ0v) is 13.2. The standard InChI is InChI=1S/C15H14F4N2O2S/c16-12-4-2-1-3-10(12)7-11-8-20-14(24-11)21-13(22)5-6-23-9-15(17,18)19/h1-4,8H,5-7,9H2,(H,20,21,22). The van der Waals surface area contributed by atoms with Crippen molar-refractivity contribution in [2.45, 2.75) is 19.0 Å². The second-order valence-electron chi connectivity index (χ2n) is 4.87. The van der Waals surface area contributed by atoms with Crippen molar-refractivity contribution in [1.29, 1.82) is 0 Å². The number of ether oxygens (including phenoxy) is 1. The van der Waals surface area contributed by atoms with Gasteiger partial charge in [0.05, 0.1) is 13.0 Å². The number of alkyl halides is 3. The minimum absolute atomic E-state index is 0.210. The van der Waals surface area contributed by atoms with Crippen LogP contribution in [0.1, 0.15) is 16.9 Å². The number of aromatic nitrogens is 1. The van der Waals surface area contributed by atoms with Crippen LogP contribution in [0.2, 0.25) is 0 Å². The molecule has 0 radical (unpaired) electrons. The zero-order valence-electron chi connectivity index (χ0n) is 12.4. The van der Waals surface area contributed by atoms with E-state index in [1.165, 1.54) is 23.6 Å². The van der Waals surface area contributed by atoms with Crippen LogP contribution in [0.25, 0.3) is 0 Å². The van der Waals surface area contributed by atoms with Crippen molar-refractivity contribution in [3.05, 3.63) is 46.7 Å². The second kappa shape index (κ2) is 8.20. The first kappa shape index (κ1) is 18.3. The van der Waals surface area contributed by atoms with Crippen molar-refractivity contribution >= 4 is 22.4 Å². The fraction of sp³-hybridized carbons (Fsp3) is 0.333. The van der Waals surface area contributed by atoms with Crippen LogP contribution in [-0.4, -0.2) is 30.3 Å². The fourth-order valence-electron chi connectivity index (χ4n) is 1.81. The highest BCUT2D eigenvalue weighted by Crippen LogP contribution is 2.22. The van der Waals surface area contributed by atoms with Gasteiger partial charge >= 0.3 is 6.18 Å². The number of anilines is 1. The SMILES string of the molecule is O=C(CCOCC(F)(F)F)Nc1ncc(Cc2ccccc2F)s1. The van der Waals surface area contributed by atoms with Gasteiger partial charge in [0.15, 0.2) is 5.13 Å². The summed E-state index contributed by atoms with van der Waals surface area (Å²) in [6.07, 6.45) is -2.76. The third-order valence-corrected chi connectivity index (χ3v) is 3.77. The van der Waals surface area contributed by atoms with E-state index in [1.54, 1.807) is 18.2 Å². The Balaban J connectivity index is 1.79. The third kappa shape index (κ3) is 6.25. The first-order chi connectivity index (χ1) is 11.3. The van der Waals surface area contributed by atoms with Crippen molar-refractivity contribution < 1.29 is 27.1 Å². The summed E-state index contributed by atoms with van der Waals surface area (Å²) in [7, 11) is 0. The smallest absolute Gasteiger partial charge is 0.372 e. The van der Waals surface area contributed by atoms with Gasteiger partial charge < -0.3 is 10.1 Å². The minimum Gasteiger partial charge on any atom is -0.372 e. The Kier molecular flexibility index (Phi) is 6.27. The van der Waals surface area contributed by atoms with E-state index in [1.807, 2.05) is 0 Å². The number of carbonyl (C=O) groups excluding carboxylic acids is 1. The highest BCUT2D eigenvalue weighted by Gasteiger charge is 2.27. The molecule has 0 unspecified atom stereocenters. The van der Waals surface area contributed by atoms with Crippen molar-refractivity contribution in [3.8, 4) is 0 Å². The highest BCUT2D eigenvalue weighted by molar-refractivity contribution is 7.15. The summed E-state index contributed by atoms with van der Waals surface area (Å²) in [5, 5.41) is 2.78. The normalized spacial score (nSPS) is 11.5. The molecule has 24 heavy (non-hydrogen) atoms. The van der Waals surface area contributed by atoms with E-state index in [4.69, 9.17) is 0 Å². The van der Waals surface area contributed by atoms with Crippen molar-refractivity contribution in [3.63, 3.8) is 0 Å². The summed E-state index contributed by atoms with van der Waals surface area (Å²) in [6, 6.07) is 6.34. The van der Waals surface area contributed by atoms with Crippen molar-refractivity contribution in [1.82, 2.24) is 4.98 Å². The van der Waals surface area contributed by atoms with Crippen LogP contribution in [-0.2, 0) is 16.0 Å². The van der Waals surface area contributed by atoms with Crippen molar-refractivity contribution in [2.75, 3.05) is 18.5 Å². The summed E-state index contributed by atoms with van der Waals surface area (Å²) in [4.78, 5) is 16.3. The number of halogens is 4. The number of hydrogen-bond acceptors (Lipinski definition) is 4. The van der Waals surface area contributed by atoms with E-state index in [0.29, 0.717) is 17.1 Å². The van der Waals surface area contributed by atoms with Crippen LogP contribution in [0.15, 0.2) is 30.5 Å². The lowest BCUT2D eigenvalue weighted by atomic mass is 10.1. The topological polar surface area (TPSA) is 51.2 Å². The number of nitrogens with one attached hydrogen (secondary N) is 1. The van der Waals surface area contributed by atoms with Gasteiger partial charge in [-0.3, -0.25) is 4.79 Å². The lowest BCUT2D eigenvalue weighted by Gasteiger charge is -2.07. The van der Waals surface area contributed by atoms with Crippen LogP contribution in [0, 0.1) is 5.82 Å². The Labute approximate surface area is 139 Å². The van der Waals surface area contributed by atoms with Crippen LogP contribution >= 0.6 is 11.3 Å². The zero-order chi connectivity index (χ0) is 17.6. The first-order valence-electron chi connectivity index (χ1n) is 6.96. The molecular weight excluding hydrogens is 348 g/mol. The Morgan fingerprint density at radius 3 is 2.75 bits per heavy atom. The molecule has 1 amide bonds.